The Morgan fingerprint density at radius 1 is 1.21 bits per heavy atom. The number of amides is 1. The molecular formula is C12H21NO. The van der Waals surface area contributed by atoms with Gasteiger partial charge in [-0.3, -0.25) is 4.79 Å². The predicted molar refractivity (Wildman–Crippen MR) is 56.9 cm³/mol. The molecule has 2 fully saturated rings. The van der Waals surface area contributed by atoms with Crippen LogP contribution < -0.4 is 5.32 Å². The number of carbonyl (C=O) groups is 1. The van der Waals surface area contributed by atoms with E-state index in [2.05, 4.69) is 12.2 Å². The number of nitrogens with one attached hydrogen (secondary N) is 1. The van der Waals surface area contributed by atoms with Gasteiger partial charge in [0.25, 0.3) is 0 Å². The maximum Gasteiger partial charge on any atom is 0.220 e. The number of hydrogen-bond acceptors (Lipinski definition) is 1. The number of rotatable bonds is 2. The van der Waals surface area contributed by atoms with Crippen molar-refractivity contribution in [1.29, 1.82) is 0 Å². The molecule has 2 atom stereocenters. The van der Waals surface area contributed by atoms with E-state index in [4.69, 9.17) is 0 Å². The lowest BCUT2D eigenvalue weighted by Crippen LogP contribution is -2.24. The molecule has 1 saturated carbocycles. The van der Waals surface area contributed by atoms with Gasteiger partial charge in [-0.2, -0.15) is 0 Å². The maximum atomic E-state index is 11.1. The maximum absolute atomic E-state index is 11.1. The topological polar surface area (TPSA) is 29.1 Å². The molecule has 2 nitrogen and oxygen atoms in total. The molecule has 0 spiro atoms. The van der Waals surface area contributed by atoms with Gasteiger partial charge >= 0.3 is 0 Å². The summed E-state index contributed by atoms with van der Waals surface area (Å²) >= 11 is 0. The van der Waals surface area contributed by atoms with Crippen molar-refractivity contribution in [2.24, 2.45) is 17.8 Å². The van der Waals surface area contributed by atoms with E-state index in [9.17, 15) is 4.79 Å². The molecule has 1 aliphatic carbocycles. The summed E-state index contributed by atoms with van der Waals surface area (Å²) < 4.78 is 0. The smallest absolute Gasteiger partial charge is 0.220 e. The first-order valence-corrected chi connectivity index (χ1v) is 6.04. The fraction of sp³-hybridized carbons (Fsp3) is 0.917. The Kier molecular flexibility index (Phi) is 3.09. The molecule has 14 heavy (non-hydrogen) atoms. The van der Waals surface area contributed by atoms with E-state index in [1.54, 1.807) is 0 Å². The van der Waals surface area contributed by atoms with Crippen LogP contribution in [0.4, 0.5) is 0 Å². The molecule has 1 saturated heterocycles. The van der Waals surface area contributed by atoms with Gasteiger partial charge in [0, 0.05) is 13.0 Å². The normalized spacial score (nSPS) is 31.5. The van der Waals surface area contributed by atoms with Crippen molar-refractivity contribution in [3.63, 3.8) is 0 Å². The molecule has 0 aromatic heterocycles. The van der Waals surface area contributed by atoms with Crippen molar-refractivity contribution in [2.45, 2.75) is 45.4 Å². The van der Waals surface area contributed by atoms with Gasteiger partial charge in [-0.15, -0.1) is 0 Å². The van der Waals surface area contributed by atoms with E-state index in [1.807, 2.05) is 0 Å². The Morgan fingerprint density at radius 3 is 2.50 bits per heavy atom. The molecular weight excluding hydrogens is 174 g/mol. The van der Waals surface area contributed by atoms with Crippen molar-refractivity contribution in [3.05, 3.63) is 0 Å². The molecule has 1 amide bonds. The Bertz CT molecular complexity index is 208. The average molecular weight is 195 g/mol. The summed E-state index contributed by atoms with van der Waals surface area (Å²) in [6.45, 7) is 3.28. The molecule has 0 aromatic carbocycles. The molecule has 0 bridgehead atoms. The lowest BCUT2D eigenvalue weighted by Gasteiger charge is -2.30. The minimum absolute atomic E-state index is 0.262. The molecule has 0 radical (unpaired) electrons. The Labute approximate surface area is 86.5 Å². The van der Waals surface area contributed by atoms with Gasteiger partial charge in [0.2, 0.25) is 5.91 Å². The summed E-state index contributed by atoms with van der Waals surface area (Å²) in [5, 5.41) is 2.95. The van der Waals surface area contributed by atoms with E-state index < -0.39 is 0 Å². The third-order valence-electron chi connectivity index (χ3n) is 4.15. The second kappa shape index (κ2) is 4.33. The summed E-state index contributed by atoms with van der Waals surface area (Å²) in [6, 6.07) is 0. The zero-order chi connectivity index (χ0) is 9.97. The van der Waals surface area contributed by atoms with Gasteiger partial charge in [0.15, 0.2) is 0 Å². The first-order chi connectivity index (χ1) is 6.77. The van der Waals surface area contributed by atoms with E-state index in [0.29, 0.717) is 5.92 Å². The molecule has 80 valence electrons. The SMILES string of the molecule is CC(C1CCCCC1)C1CNC(=O)C1. The number of hydrogen-bond donors (Lipinski definition) is 1. The third-order valence-corrected chi connectivity index (χ3v) is 4.15. The van der Waals surface area contributed by atoms with Gasteiger partial charge in [0.05, 0.1) is 0 Å². The fourth-order valence-corrected chi connectivity index (χ4v) is 3.04. The second-order valence-electron chi connectivity index (χ2n) is 5.03. The minimum Gasteiger partial charge on any atom is -0.356 e. The Hall–Kier alpha value is -0.530. The van der Waals surface area contributed by atoms with Crippen LogP contribution >= 0.6 is 0 Å². The Balaban J connectivity index is 1.86. The monoisotopic (exact) mass is 195 g/mol. The zero-order valence-corrected chi connectivity index (χ0v) is 9.09. The molecule has 2 heteroatoms. The molecule has 2 unspecified atom stereocenters. The van der Waals surface area contributed by atoms with Crippen LogP contribution in [-0.2, 0) is 4.79 Å². The highest BCUT2D eigenvalue weighted by Gasteiger charge is 2.31. The van der Waals surface area contributed by atoms with Gasteiger partial charge in [0.1, 0.15) is 0 Å². The summed E-state index contributed by atoms with van der Waals surface area (Å²) in [7, 11) is 0. The zero-order valence-electron chi connectivity index (χ0n) is 9.09. The van der Waals surface area contributed by atoms with Crippen LogP contribution in [-0.4, -0.2) is 12.5 Å². The molecule has 2 aliphatic rings. The first kappa shape index (κ1) is 10.0. The highest BCUT2D eigenvalue weighted by molar-refractivity contribution is 5.78. The van der Waals surface area contributed by atoms with Crippen molar-refractivity contribution in [1.82, 2.24) is 5.32 Å². The lowest BCUT2D eigenvalue weighted by atomic mass is 9.75. The third kappa shape index (κ3) is 2.10. The van der Waals surface area contributed by atoms with Gasteiger partial charge in [-0.05, 0) is 17.8 Å². The van der Waals surface area contributed by atoms with E-state index >= 15 is 0 Å². The van der Waals surface area contributed by atoms with Crippen molar-refractivity contribution >= 4 is 5.91 Å². The minimum atomic E-state index is 0.262. The van der Waals surface area contributed by atoms with Crippen LogP contribution in [0.3, 0.4) is 0 Å². The van der Waals surface area contributed by atoms with Crippen LogP contribution in [0.25, 0.3) is 0 Å². The molecule has 1 N–H and O–H groups in total. The van der Waals surface area contributed by atoms with Crippen LogP contribution in [0.5, 0.6) is 0 Å². The van der Waals surface area contributed by atoms with Crippen LogP contribution in [0.15, 0.2) is 0 Å². The predicted octanol–water partition coefficient (Wildman–Crippen LogP) is 2.34. The average Bonchev–Trinajstić information content (AvgIpc) is 2.65. The number of carbonyl (C=O) groups excluding carboxylic acids is 1. The Morgan fingerprint density at radius 2 is 1.93 bits per heavy atom. The quantitative estimate of drug-likeness (QED) is 0.720. The van der Waals surface area contributed by atoms with E-state index in [1.165, 1.54) is 32.1 Å². The second-order valence-corrected chi connectivity index (χ2v) is 5.03. The summed E-state index contributed by atoms with van der Waals surface area (Å²) in [4.78, 5) is 11.1. The molecule has 1 aliphatic heterocycles. The van der Waals surface area contributed by atoms with Crippen LogP contribution in [0, 0.1) is 17.8 Å². The lowest BCUT2D eigenvalue weighted by molar-refractivity contribution is -0.119. The highest BCUT2D eigenvalue weighted by Crippen LogP contribution is 2.35. The van der Waals surface area contributed by atoms with Crippen molar-refractivity contribution < 1.29 is 4.79 Å². The first-order valence-electron chi connectivity index (χ1n) is 6.04. The van der Waals surface area contributed by atoms with Gasteiger partial charge < -0.3 is 5.32 Å². The van der Waals surface area contributed by atoms with Gasteiger partial charge in [-0.25, -0.2) is 0 Å². The summed E-state index contributed by atoms with van der Waals surface area (Å²) in [5.74, 6) is 2.51. The van der Waals surface area contributed by atoms with E-state index in [-0.39, 0.29) is 5.91 Å². The fourth-order valence-electron chi connectivity index (χ4n) is 3.04. The highest BCUT2D eigenvalue weighted by atomic mass is 16.1. The largest absolute Gasteiger partial charge is 0.356 e. The molecule has 1 heterocycles. The molecule has 0 aromatic rings. The summed E-state index contributed by atoms with van der Waals surface area (Å²) in [5.41, 5.74) is 0. The van der Waals surface area contributed by atoms with E-state index in [0.717, 1.165) is 24.8 Å². The van der Waals surface area contributed by atoms with Crippen molar-refractivity contribution in [2.75, 3.05) is 6.54 Å². The summed E-state index contributed by atoms with van der Waals surface area (Å²) in [6.07, 6.45) is 7.80. The van der Waals surface area contributed by atoms with Crippen molar-refractivity contribution in [3.8, 4) is 0 Å². The molecule has 2 rings (SSSR count). The van der Waals surface area contributed by atoms with Gasteiger partial charge in [-0.1, -0.05) is 39.0 Å². The van der Waals surface area contributed by atoms with Crippen LogP contribution in [0.1, 0.15) is 45.4 Å². The van der Waals surface area contributed by atoms with Crippen LogP contribution in [0.2, 0.25) is 0 Å². The standard InChI is InChI=1S/C12H21NO/c1-9(10-5-3-2-4-6-10)11-7-12(14)13-8-11/h9-11H,2-8H2,1H3,(H,13,14).